The molecule has 0 saturated carbocycles. The molecule has 18 heavy (non-hydrogen) atoms. The molecule has 0 saturated heterocycles. The maximum Gasteiger partial charge on any atom is 0.247 e. The van der Waals surface area contributed by atoms with Gasteiger partial charge in [0, 0.05) is 18.3 Å². The van der Waals surface area contributed by atoms with Crippen molar-refractivity contribution in [2.75, 3.05) is 5.32 Å². The molecule has 0 aliphatic carbocycles. The first-order chi connectivity index (χ1) is 8.56. The fourth-order valence-corrected chi connectivity index (χ4v) is 1.71. The average molecular weight is 247 g/mol. The highest BCUT2D eigenvalue weighted by molar-refractivity contribution is 5.89. The Labute approximate surface area is 106 Å². The van der Waals surface area contributed by atoms with Crippen molar-refractivity contribution >= 4 is 11.7 Å². The van der Waals surface area contributed by atoms with Gasteiger partial charge in [0.2, 0.25) is 5.91 Å². The van der Waals surface area contributed by atoms with E-state index in [9.17, 15) is 4.79 Å². The van der Waals surface area contributed by atoms with Gasteiger partial charge in [0.15, 0.2) is 0 Å². The highest BCUT2D eigenvalue weighted by Crippen LogP contribution is 2.12. The zero-order valence-electron chi connectivity index (χ0n) is 10.8. The van der Waals surface area contributed by atoms with Crippen molar-refractivity contribution in [3.8, 4) is 0 Å². The molecule has 1 amide bonds. The second-order valence-electron chi connectivity index (χ2n) is 4.52. The molecule has 0 fully saturated rings. The number of amides is 1. The van der Waals surface area contributed by atoms with Crippen LogP contribution in [0.4, 0.5) is 5.82 Å². The van der Waals surface area contributed by atoms with Crippen molar-refractivity contribution < 1.29 is 4.79 Å². The third-order valence-electron chi connectivity index (χ3n) is 2.49. The van der Waals surface area contributed by atoms with E-state index in [1.807, 2.05) is 27.0 Å². The predicted octanol–water partition coefficient (Wildman–Crippen LogP) is 1.61. The minimum atomic E-state index is -0.111. The van der Waals surface area contributed by atoms with Crippen LogP contribution in [0, 0.1) is 6.92 Å². The van der Waals surface area contributed by atoms with Crippen LogP contribution in [0.15, 0.2) is 24.7 Å². The molecule has 2 aromatic rings. The molecule has 1 N–H and O–H groups in total. The summed E-state index contributed by atoms with van der Waals surface area (Å²) >= 11 is 0. The zero-order valence-corrected chi connectivity index (χ0v) is 10.8. The van der Waals surface area contributed by atoms with Crippen LogP contribution >= 0.6 is 0 Å². The summed E-state index contributed by atoms with van der Waals surface area (Å²) in [6, 6.07) is 1.99. The summed E-state index contributed by atoms with van der Waals surface area (Å²) in [5.41, 5.74) is 1.04. The minimum Gasteiger partial charge on any atom is -0.309 e. The lowest BCUT2D eigenvalue weighted by atomic mass is 10.4. The fourth-order valence-electron chi connectivity index (χ4n) is 1.71. The van der Waals surface area contributed by atoms with E-state index in [4.69, 9.17) is 0 Å². The summed E-state index contributed by atoms with van der Waals surface area (Å²) in [5.74, 6) is 0.597. The molecule has 0 bridgehead atoms. The first-order valence-electron chi connectivity index (χ1n) is 5.88. The van der Waals surface area contributed by atoms with Gasteiger partial charge in [0.05, 0.1) is 12.4 Å². The molecule has 0 unspecified atom stereocenters. The SMILES string of the molecule is Cc1cnn(CC(=O)Nc2ccnn2C(C)C)c1. The number of rotatable bonds is 4. The van der Waals surface area contributed by atoms with Gasteiger partial charge in [-0.25, -0.2) is 4.68 Å². The van der Waals surface area contributed by atoms with E-state index in [1.165, 1.54) is 0 Å². The summed E-state index contributed by atoms with van der Waals surface area (Å²) < 4.78 is 3.38. The molecule has 6 heteroatoms. The molecule has 0 aliphatic rings. The van der Waals surface area contributed by atoms with Crippen LogP contribution < -0.4 is 5.32 Å². The Morgan fingerprint density at radius 1 is 1.44 bits per heavy atom. The maximum absolute atomic E-state index is 11.9. The van der Waals surface area contributed by atoms with Crippen molar-refractivity contribution in [1.82, 2.24) is 19.6 Å². The van der Waals surface area contributed by atoms with Crippen molar-refractivity contribution in [2.24, 2.45) is 0 Å². The second kappa shape index (κ2) is 5.03. The number of anilines is 1. The summed E-state index contributed by atoms with van der Waals surface area (Å²) in [7, 11) is 0. The standard InChI is InChI=1S/C12H17N5O/c1-9(2)17-11(4-5-13-17)15-12(18)8-16-7-10(3)6-14-16/h4-7,9H,8H2,1-3H3,(H,15,18). The maximum atomic E-state index is 11.9. The van der Waals surface area contributed by atoms with Gasteiger partial charge in [0.25, 0.3) is 0 Å². The molecule has 2 rings (SSSR count). The summed E-state index contributed by atoms with van der Waals surface area (Å²) in [6.45, 7) is 6.17. The molecule has 0 aliphatic heterocycles. The summed E-state index contributed by atoms with van der Waals surface area (Å²) in [5, 5.41) is 11.1. The highest BCUT2D eigenvalue weighted by atomic mass is 16.2. The number of carbonyl (C=O) groups excluding carboxylic acids is 1. The third-order valence-corrected chi connectivity index (χ3v) is 2.49. The monoisotopic (exact) mass is 247 g/mol. The van der Waals surface area contributed by atoms with Crippen LogP contribution in [0.3, 0.4) is 0 Å². The van der Waals surface area contributed by atoms with Crippen molar-refractivity contribution in [1.29, 1.82) is 0 Å². The molecule has 2 heterocycles. The third kappa shape index (κ3) is 2.77. The molecule has 0 radical (unpaired) electrons. The van der Waals surface area contributed by atoms with E-state index >= 15 is 0 Å². The quantitative estimate of drug-likeness (QED) is 0.892. The lowest BCUT2D eigenvalue weighted by Gasteiger charge is -2.11. The largest absolute Gasteiger partial charge is 0.309 e. The van der Waals surface area contributed by atoms with Gasteiger partial charge in [-0.2, -0.15) is 10.2 Å². The molecule has 0 spiro atoms. The first-order valence-corrected chi connectivity index (χ1v) is 5.88. The van der Waals surface area contributed by atoms with Crippen LogP contribution in [-0.4, -0.2) is 25.5 Å². The lowest BCUT2D eigenvalue weighted by Crippen LogP contribution is -2.21. The van der Waals surface area contributed by atoms with Crippen LogP contribution in [0.1, 0.15) is 25.5 Å². The van der Waals surface area contributed by atoms with Crippen molar-refractivity contribution in [3.63, 3.8) is 0 Å². The van der Waals surface area contributed by atoms with Gasteiger partial charge in [-0.15, -0.1) is 0 Å². The van der Waals surface area contributed by atoms with Gasteiger partial charge < -0.3 is 5.32 Å². The number of aromatic nitrogens is 4. The van der Waals surface area contributed by atoms with Crippen LogP contribution in [-0.2, 0) is 11.3 Å². The van der Waals surface area contributed by atoms with Gasteiger partial charge in [-0.05, 0) is 26.3 Å². The van der Waals surface area contributed by atoms with Gasteiger partial charge in [-0.1, -0.05) is 0 Å². The van der Waals surface area contributed by atoms with E-state index in [2.05, 4.69) is 15.5 Å². The van der Waals surface area contributed by atoms with Gasteiger partial charge in [-0.3, -0.25) is 9.48 Å². The van der Waals surface area contributed by atoms with E-state index in [-0.39, 0.29) is 18.5 Å². The topological polar surface area (TPSA) is 64.7 Å². The second-order valence-corrected chi connectivity index (χ2v) is 4.52. The smallest absolute Gasteiger partial charge is 0.247 e. The minimum absolute atomic E-state index is 0.111. The highest BCUT2D eigenvalue weighted by Gasteiger charge is 2.10. The Morgan fingerprint density at radius 3 is 2.83 bits per heavy atom. The molecule has 6 nitrogen and oxygen atoms in total. The van der Waals surface area contributed by atoms with Crippen LogP contribution in [0.5, 0.6) is 0 Å². The Kier molecular flexibility index (Phi) is 3.45. The molecule has 2 aromatic heterocycles. The molecule has 96 valence electrons. The Hall–Kier alpha value is -2.11. The van der Waals surface area contributed by atoms with Crippen molar-refractivity contribution in [2.45, 2.75) is 33.4 Å². The lowest BCUT2D eigenvalue weighted by molar-refractivity contribution is -0.116. The predicted molar refractivity (Wildman–Crippen MR) is 68.2 cm³/mol. The van der Waals surface area contributed by atoms with E-state index < -0.39 is 0 Å². The molecular weight excluding hydrogens is 230 g/mol. The average Bonchev–Trinajstić information content (AvgIpc) is 2.87. The molecular formula is C12H17N5O. The Morgan fingerprint density at radius 2 is 2.22 bits per heavy atom. The van der Waals surface area contributed by atoms with E-state index in [1.54, 1.807) is 27.8 Å². The zero-order chi connectivity index (χ0) is 13.1. The number of carbonyl (C=O) groups is 1. The Balaban J connectivity index is 2.01. The number of aryl methyl sites for hydroxylation is 1. The molecule has 0 aromatic carbocycles. The van der Waals surface area contributed by atoms with E-state index in [0.29, 0.717) is 5.82 Å². The number of nitrogens with zero attached hydrogens (tertiary/aromatic N) is 4. The number of hydrogen-bond donors (Lipinski definition) is 1. The van der Waals surface area contributed by atoms with E-state index in [0.717, 1.165) is 5.56 Å². The fraction of sp³-hybridized carbons (Fsp3) is 0.417. The van der Waals surface area contributed by atoms with Crippen LogP contribution in [0.2, 0.25) is 0 Å². The van der Waals surface area contributed by atoms with Crippen LogP contribution in [0.25, 0.3) is 0 Å². The summed E-state index contributed by atoms with van der Waals surface area (Å²) in [6.07, 6.45) is 5.23. The number of hydrogen-bond acceptors (Lipinski definition) is 3. The summed E-state index contributed by atoms with van der Waals surface area (Å²) in [4.78, 5) is 11.9. The Bertz CT molecular complexity index is 540. The van der Waals surface area contributed by atoms with Gasteiger partial charge in [0.1, 0.15) is 12.4 Å². The molecule has 0 atom stereocenters. The number of nitrogens with one attached hydrogen (secondary N) is 1. The van der Waals surface area contributed by atoms with Gasteiger partial charge >= 0.3 is 0 Å². The van der Waals surface area contributed by atoms with Crippen molar-refractivity contribution in [3.05, 3.63) is 30.2 Å². The normalized spacial score (nSPS) is 10.9. The first kappa shape index (κ1) is 12.3.